The number of hydrogen-bond donors (Lipinski definition) is 4. The Kier molecular flexibility index (Phi) is 10.9. The SMILES string of the molecule is Cn1ccc(-c2cc(Cl)ccc2-c2c[nH]c3cc(S(=O)(=O)Nc4ncns4)ccc23)n1.Cn1nccc1-c1cc(Cl)ccc1-c1c[nH]c2cc(S(=O)(=O)Nc3ncns3)ccc12. The van der Waals surface area contributed by atoms with Crippen LogP contribution in [0.25, 0.3) is 66.6 Å². The van der Waals surface area contributed by atoms with Gasteiger partial charge in [0.2, 0.25) is 10.3 Å². The summed E-state index contributed by atoms with van der Waals surface area (Å²) in [7, 11) is -3.82. The molecule has 0 unspecified atom stereocenters. The second kappa shape index (κ2) is 16.5. The van der Waals surface area contributed by atoms with E-state index in [0.29, 0.717) is 21.1 Å². The number of aromatic nitrogens is 10. The Morgan fingerprint density at radius 3 is 1.61 bits per heavy atom. The lowest BCUT2D eigenvalue weighted by Gasteiger charge is -2.11. The van der Waals surface area contributed by atoms with Crippen LogP contribution in [-0.4, -0.2) is 65.1 Å². The molecule has 0 saturated heterocycles. The van der Waals surface area contributed by atoms with E-state index in [0.717, 1.165) is 78.6 Å². The number of aryl methyl sites for hydroxylation is 2. The highest BCUT2D eigenvalue weighted by atomic mass is 35.5. The van der Waals surface area contributed by atoms with E-state index in [4.69, 9.17) is 23.2 Å². The fourth-order valence-electron chi connectivity index (χ4n) is 6.90. The van der Waals surface area contributed by atoms with Crippen LogP contribution < -0.4 is 9.44 Å². The number of sulfonamides is 2. The largest absolute Gasteiger partial charge is 0.361 e. The Bertz CT molecular complexity index is 3470. The summed E-state index contributed by atoms with van der Waals surface area (Å²) in [6, 6.07) is 25.1. The van der Waals surface area contributed by atoms with Gasteiger partial charge >= 0.3 is 0 Å². The van der Waals surface area contributed by atoms with Crippen LogP contribution in [0.1, 0.15) is 0 Å². The highest BCUT2D eigenvalue weighted by molar-refractivity contribution is 7.93. The third kappa shape index (κ3) is 8.18. The molecule has 0 fully saturated rings. The zero-order valence-corrected chi connectivity index (χ0v) is 36.9. The van der Waals surface area contributed by atoms with E-state index in [9.17, 15) is 16.8 Å². The zero-order valence-electron chi connectivity index (χ0n) is 32.1. The smallest absolute Gasteiger partial charge is 0.263 e. The van der Waals surface area contributed by atoms with Crippen LogP contribution in [0.2, 0.25) is 10.0 Å². The van der Waals surface area contributed by atoms with Gasteiger partial charge in [-0.15, -0.1) is 0 Å². The molecule has 22 heteroatoms. The average molecular weight is 942 g/mol. The van der Waals surface area contributed by atoms with E-state index in [1.165, 1.54) is 12.7 Å². The van der Waals surface area contributed by atoms with Crippen molar-refractivity contribution in [3.8, 4) is 44.8 Å². The van der Waals surface area contributed by atoms with Gasteiger partial charge in [-0.3, -0.25) is 18.8 Å². The first-order valence-electron chi connectivity index (χ1n) is 18.2. The Balaban J connectivity index is 0.000000158. The highest BCUT2D eigenvalue weighted by Crippen LogP contribution is 2.40. The van der Waals surface area contributed by atoms with Crippen LogP contribution in [0.5, 0.6) is 0 Å². The van der Waals surface area contributed by atoms with E-state index < -0.39 is 20.0 Å². The first kappa shape index (κ1) is 41.0. The predicted octanol–water partition coefficient (Wildman–Crippen LogP) is 9.08. The summed E-state index contributed by atoms with van der Waals surface area (Å²) in [4.78, 5) is 14.4. The molecule has 0 aliphatic rings. The number of rotatable bonds is 10. The van der Waals surface area contributed by atoms with Gasteiger partial charge in [0.05, 0.1) is 21.2 Å². The van der Waals surface area contributed by atoms with Crippen molar-refractivity contribution in [1.29, 1.82) is 0 Å². The van der Waals surface area contributed by atoms with Crippen molar-refractivity contribution in [3.63, 3.8) is 0 Å². The summed E-state index contributed by atoms with van der Waals surface area (Å²) in [6.45, 7) is 0. The van der Waals surface area contributed by atoms with Gasteiger partial charge in [0.15, 0.2) is 0 Å². The van der Waals surface area contributed by atoms with E-state index >= 15 is 0 Å². The molecule has 0 radical (unpaired) electrons. The monoisotopic (exact) mass is 940 g/mol. The number of nitrogens with one attached hydrogen (secondary N) is 4. The van der Waals surface area contributed by atoms with Crippen LogP contribution in [0, 0.1) is 0 Å². The number of halogens is 2. The second-order valence-corrected chi connectivity index (χ2v) is 19.4. The van der Waals surface area contributed by atoms with E-state index in [2.05, 4.69) is 48.3 Å². The normalized spacial score (nSPS) is 11.8. The number of aromatic amines is 2. The van der Waals surface area contributed by atoms with Gasteiger partial charge < -0.3 is 9.97 Å². The Hall–Kier alpha value is -6.42. The minimum atomic E-state index is -3.78. The average Bonchev–Trinajstić information content (AvgIpc) is 4.11. The van der Waals surface area contributed by atoms with Crippen LogP contribution in [-0.2, 0) is 34.1 Å². The van der Waals surface area contributed by atoms with Crippen molar-refractivity contribution in [1.82, 2.24) is 48.2 Å². The number of hydrogen-bond acceptors (Lipinski definition) is 12. The van der Waals surface area contributed by atoms with Crippen LogP contribution in [0.4, 0.5) is 10.3 Å². The molecule has 10 rings (SSSR count). The molecular formula is C40H30Cl2N12O4S4. The van der Waals surface area contributed by atoms with Crippen LogP contribution >= 0.6 is 46.3 Å². The maximum Gasteiger partial charge on any atom is 0.263 e. The molecule has 16 nitrogen and oxygen atoms in total. The maximum absolute atomic E-state index is 12.7. The fourth-order valence-corrected chi connectivity index (χ4v) is 10.6. The molecule has 0 bridgehead atoms. The summed E-state index contributed by atoms with van der Waals surface area (Å²) >= 11 is 14.5. The lowest BCUT2D eigenvalue weighted by molar-refractivity contribution is 0.599. The van der Waals surface area contributed by atoms with Crippen molar-refractivity contribution in [2.24, 2.45) is 14.1 Å². The molecule has 0 saturated carbocycles. The van der Waals surface area contributed by atoms with Crippen molar-refractivity contribution >= 4 is 98.4 Å². The van der Waals surface area contributed by atoms with Gasteiger partial charge in [-0.25, -0.2) is 26.8 Å². The number of fused-ring (bicyclic) bond motifs is 2. The van der Waals surface area contributed by atoms with Crippen LogP contribution in [0.3, 0.4) is 0 Å². The molecule has 0 atom stereocenters. The standard InChI is InChI=1S/2C20H15ClN6O2S2/c1-27-19(6-7-24-27)16-8-12(21)2-4-14(16)17-10-22-18-9-13(3-5-15(17)18)31(28,29)26-20-23-11-25-30-20;1-27-7-6-18(25-27)16-8-12(21)2-4-14(16)17-10-22-19-9-13(3-5-15(17)19)31(28,29)26-20-23-11-24-30-20/h2-11,22H,1H3,(H,23,25,26);2-11,22H,1H3,(H,23,24,26). The summed E-state index contributed by atoms with van der Waals surface area (Å²) < 4.78 is 66.8. The fraction of sp³-hybridized carbons (Fsp3) is 0.0500. The van der Waals surface area contributed by atoms with Crippen LogP contribution in [0.15, 0.2) is 132 Å². The molecule has 4 N–H and O–H groups in total. The van der Waals surface area contributed by atoms with Gasteiger partial charge in [-0.05, 0) is 71.8 Å². The maximum atomic E-state index is 12.7. The molecule has 4 aromatic carbocycles. The van der Waals surface area contributed by atoms with Gasteiger partial charge in [-0.1, -0.05) is 47.5 Å². The van der Waals surface area contributed by atoms with E-state index in [1.807, 2.05) is 81.2 Å². The quantitative estimate of drug-likeness (QED) is 0.102. The Morgan fingerprint density at radius 1 is 0.613 bits per heavy atom. The first-order valence-corrected chi connectivity index (χ1v) is 23.5. The lowest BCUT2D eigenvalue weighted by Crippen LogP contribution is -2.12. The van der Waals surface area contributed by atoms with E-state index in [-0.39, 0.29) is 20.1 Å². The number of anilines is 2. The molecule has 0 amide bonds. The van der Waals surface area contributed by atoms with Crippen molar-refractivity contribution < 1.29 is 16.8 Å². The Morgan fingerprint density at radius 2 is 1.15 bits per heavy atom. The van der Waals surface area contributed by atoms with Gasteiger partial charge in [0.25, 0.3) is 20.0 Å². The van der Waals surface area contributed by atoms with Crippen molar-refractivity contribution in [3.05, 3.63) is 132 Å². The molecule has 0 aliphatic carbocycles. The molecule has 6 heterocycles. The van der Waals surface area contributed by atoms with Gasteiger partial charge in [0.1, 0.15) is 12.7 Å². The van der Waals surface area contributed by atoms with Crippen molar-refractivity contribution in [2.75, 3.05) is 9.44 Å². The van der Waals surface area contributed by atoms with Crippen molar-refractivity contribution in [2.45, 2.75) is 9.79 Å². The number of benzene rings is 4. The third-order valence-corrected chi connectivity index (χ3v) is 14.3. The lowest BCUT2D eigenvalue weighted by atomic mass is 9.97. The van der Waals surface area contributed by atoms with Gasteiger partial charge in [0, 0.05) is 116 Å². The molecule has 62 heavy (non-hydrogen) atoms. The summed E-state index contributed by atoms with van der Waals surface area (Å²) in [5.74, 6) is 0. The molecule has 0 spiro atoms. The summed E-state index contributed by atoms with van der Waals surface area (Å²) in [5, 5.41) is 12.2. The third-order valence-electron chi connectivity index (χ3n) is 9.72. The molecule has 0 aliphatic heterocycles. The van der Waals surface area contributed by atoms with E-state index in [1.54, 1.807) is 52.0 Å². The molecule has 312 valence electrons. The number of nitrogens with zero attached hydrogens (tertiary/aromatic N) is 8. The topological polar surface area (TPSA) is 211 Å². The molecule has 10 aromatic rings. The summed E-state index contributed by atoms with van der Waals surface area (Å²) in [5.41, 5.74) is 8.70. The zero-order chi connectivity index (χ0) is 43.2. The minimum absolute atomic E-state index is 0.129. The minimum Gasteiger partial charge on any atom is -0.361 e. The van der Waals surface area contributed by atoms with Gasteiger partial charge in [-0.2, -0.15) is 18.9 Å². The molecular weight excluding hydrogens is 912 g/mol. The number of H-pyrrole nitrogens is 2. The first-order chi connectivity index (χ1) is 29.8. The highest BCUT2D eigenvalue weighted by Gasteiger charge is 2.21. The molecule has 6 aromatic heterocycles. The Labute approximate surface area is 371 Å². The predicted molar refractivity (Wildman–Crippen MR) is 243 cm³/mol. The summed E-state index contributed by atoms with van der Waals surface area (Å²) in [6.07, 6.45) is 9.93. The second-order valence-electron chi connectivity index (χ2n) is 13.6.